The molecule has 15 heavy (non-hydrogen) atoms. The van der Waals surface area contributed by atoms with Crippen LogP contribution in [0.15, 0.2) is 0 Å². The van der Waals surface area contributed by atoms with Crippen molar-refractivity contribution >= 4 is 23.4 Å². The summed E-state index contributed by atoms with van der Waals surface area (Å²) in [6, 6.07) is 0. The minimum Gasteiger partial charge on any atom is -0.316 e. The summed E-state index contributed by atoms with van der Waals surface area (Å²) in [7, 11) is 0. The quantitative estimate of drug-likeness (QED) is 0.602. The van der Waals surface area contributed by atoms with Crippen LogP contribution in [-0.4, -0.2) is 29.7 Å². The molecular weight excluding hydrogens is 247 g/mol. The molecule has 0 aliphatic heterocycles. The van der Waals surface area contributed by atoms with Crippen LogP contribution in [0.25, 0.3) is 0 Å². The van der Waals surface area contributed by atoms with Gasteiger partial charge in [-0.2, -0.15) is 13.2 Å². The third-order valence-corrected chi connectivity index (χ3v) is 3.83. The Morgan fingerprint density at radius 2 is 2.07 bits per heavy atom. The fraction of sp³-hybridized carbons (Fsp3) is 1.00. The third-order valence-electron chi connectivity index (χ3n) is 2.52. The highest BCUT2D eigenvalue weighted by Crippen LogP contribution is 2.30. The zero-order valence-corrected chi connectivity index (χ0v) is 9.89. The zero-order valence-electron chi connectivity index (χ0n) is 8.32. The first-order valence-corrected chi connectivity index (χ1v) is 6.47. The largest absolute Gasteiger partial charge is 0.441 e. The van der Waals surface area contributed by atoms with Crippen LogP contribution < -0.4 is 5.32 Å². The highest BCUT2D eigenvalue weighted by molar-refractivity contribution is 8.00. The lowest BCUT2D eigenvalue weighted by Crippen LogP contribution is -2.27. The summed E-state index contributed by atoms with van der Waals surface area (Å²) >= 11 is 6.06. The maximum absolute atomic E-state index is 11.8. The van der Waals surface area contributed by atoms with Gasteiger partial charge in [-0.05, 0) is 37.1 Å². The Morgan fingerprint density at radius 3 is 2.60 bits per heavy atom. The van der Waals surface area contributed by atoms with Gasteiger partial charge in [-0.15, -0.1) is 11.6 Å². The van der Waals surface area contributed by atoms with E-state index in [0.717, 1.165) is 25.8 Å². The molecule has 1 N–H and O–H groups in total. The van der Waals surface area contributed by atoms with Gasteiger partial charge in [-0.1, -0.05) is 6.42 Å². The second kappa shape index (κ2) is 6.21. The van der Waals surface area contributed by atoms with Gasteiger partial charge in [0.15, 0.2) is 0 Å². The molecular formula is C9H15ClF3NS. The first-order chi connectivity index (χ1) is 6.99. The maximum Gasteiger partial charge on any atom is 0.441 e. The summed E-state index contributed by atoms with van der Waals surface area (Å²) in [5.74, 6) is 0.506. The average Bonchev–Trinajstić information content (AvgIpc) is 2.49. The Labute approximate surface area is 97.1 Å². The highest BCUT2D eigenvalue weighted by atomic mass is 35.5. The molecule has 1 fully saturated rings. The average molecular weight is 262 g/mol. The molecule has 90 valence electrons. The van der Waals surface area contributed by atoms with E-state index in [2.05, 4.69) is 5.32 Å². The number of rotatable bonds is 5. The summed E-state index contributed by atoms with van der Waals surface area (Å²) < 4.78 is 35.3. The first kappa shape index (κ1) is 13.5. The van der Waals surface area contributed by atoms with Crippen molar-refractivity contribution in [1.82, 2.24) is 5.32 Å². The second-order valence-corrected chi connectivity index (χ2v) is 5.43. The molecule has 0 aromatic carbocycles. The Balaban J connectivity index is 1.97. The molecule has 0 radical (unpaired) electrons. The normalized spacial score (nSPS) is 27.2. The molecule has 0 bridgehead atoms. The molecule has 0 amide bonds. The van der Waals surface area contributed by atoms with E-state index < -0.39 is 5.51 Å². The fourth-order valence-electron chi connectivity index (χ4n) is 1.75. The Hall–Kier alpha value is 0.390. The SMILES string of the molecule is FC(F)(F)SCCNCC1CCCC1Cl. The molecule has 0 spiro atoms. The molecule has 0 aromatic rings. The van der Waals surface area contributed by atoms with E-state index in [9.17, 15) is 13.2 Å². The maximum atomic E-state index is 11.8. The molecule has 1 aliphatic carbocycles. The predicted octanol–water partition coefficient (Wildman–Crippen LogP) is 3.24. The molecule has 2 atom stereocenters. The summed E-state index contributed by atoms with van der Waals surface area (Å²) in [4.78, 5) is 0. The van der Waals surface area contributed by atoms with Crippen molar-refractivity contribution in [2.45, 2.75) is 30.1 Å². The Morgan fingerprint density at radius 1 is 1.33 bits per heavy atom. The van der Waals surface area contributed by atoms with Gasteiger partial charge in [0, 0.05) is 17.7 Å². The van der Waals surface area contributed by atoms with Crippen molar-refractivity contribution in [3.8, 4) is 0 Å². The molecule has 0 heterocycles. The van der Waals surface area contributed by atoms with Crippen LogP contribution in [0.4, 0.5) is 13.2 Å². The minimum absolute atomic E-state index is 0.0214. The monoisotopic (exact) mass is 261 g/mol. The lowest BCUT2D eigenvalue weighted by molar-refractivity contribution is -0.0327. The number of halogens is 4. The number of hydrogen-bond acceptors (Lipinski definition) is 2. The molecule has 0 saturated heterocycles. The lowest BCUT2D eigenvalue weighted by atomic mass is 10.1. The fourth-order valence-corrected chi connectivity index (χ4v) is 2.60. The third kappa shape index (κ3) is 5.88. The Kier molecular flexibility index (Phi) is 5.57. The molecule has 1 saturated carbocycles. The summed E-state index contributed by atoms with van der Waals surface area (Å²) in [5.41, 5.74) is -4.11. The minimum atomic E-state index is -4.11. The van der Waals surface area contributed by atoms with E-state index >= 15 is 0 Å². The molecule has 6 heteroatoms. The van der Waals surface area contributed by atoms with E-state index in [1.807, 2.05) is 0 Å². The van der Waals surface area contributed by atoms with Gasteiger partial charge in [-0.25, -0.2) is 0 Å². The number of nitrogens with one attached hydrogen (secondary N) is 1. The van der Waals surface area contributed by atoms with Crippen LogP contribution >= 0.6 is 23.4 Å². The van der Waals surface area contributed by atoms with Crippen molar-refractivity contribution in [3.63, 3.8) is 0 Å². The van der Waals surface area contributed by atoms with Crippen molar-refractivity contribution in [2.75, 3.05) is 18.8 Å². The summed E-state index contributed by atoms with van der Waals surface area (Å²) in [6.45, 7) is 1.14. The topological polar surface area (TPSA) is 12.0 Å². The van der Waals surface area contributed by atoms with Crippen molar-refractivity contribution in [2.24, 2.45) is 5.92 Å². The van der Waals surface area contributed by atoms with Gasteiger partial charge in [-0.3, -0.25) is 0 Å². The number of hydrogen-bond donors (Lipinski definition) is 1. The summed E-state index contributed by atoms with van der Waals surface area (Å²) in [5, 5.41) is 3.23. The van der Waals surface area contributed by atoms with Crippen LogP contribution in [0.1, 0.15) is 19.3 Å². The van der Waals surface area contributed by atoms with Crippen LogP contribution in [0.5, 0.6) is 0 Å². The van der Waals surface area contributed by atoms with E-state index in [1.54, 1.807) is 0 Å². The number of alkyl halides is 4. The molecule has 1 rings (SSSR count). The van der Waals surface area contributed by atoms with E-state index in [0.29, 0.717) is 12.5 Å². The van der Waals surface area contributed by atoms with Crippen molar-refractivity contribution in [3.05, 3.63) is 0 Å². The molecule has 1 nitrogen and oxygen atoms in total. The van der Waals surface area contributed by atoms with Crippen LogP contribution in [-0.2, 0) is 0 Å². The molecule has 1 aliphatic rings. The molecule has 2 unspecified atom stereocenters. The van der Waals surface area contributed by atoms with E-state index in [1.165, 1.54) is 0 Å². The zero-order chi connectivity index (χ0) is 11.3. The van der Waals surface area contributed by atoms with Gasteiger partial charge in [0.2, 0.25) is 0 Å². The van der Waals surface area contributed by atoms with E-state index in [4.69, 9.17) is 11.6 Å². The van der Waals surface area contributed by atoms with E-state index in [-0.39, 0.29) is 22.9 Å². The van der Waals surface area contributed by atoms with Gasteiger partial charge >= 0.3 is 5.51 Å². The lowest BCUT2D eigenvalue weighted by Gasteiger charge is -2.14. The predicted molar refractivity (Wildman–Crippen MR) is 58.4 cm³/mol. The van der Waals surface area contributed by atoms with Gasteiger partial charge in [0.05, 0.1) is 0 Å². The van der Waals surface area contributed by atoms with Crippen LogP contribution in [0.3, 0.4) is 0 Å². The Bertz CT molecular complexity index is 189. The highest BCUT2D eigenvalue weighted by Gasteiger charge is 2.28. The van der Waals surface area contributed by atoms with Crippen LogP contribution in [0.2, 0.25) is 0 Å². The van der Waals surface area contributed by atoms with Gasteiger partial charge in [0.1, 0.15) is 0 Å². The van der Waals surface area contributed by atoms with Gasteiger partial charge in [0.25, 0.3) is 0 Å². The summed E-state index contributed by atoms with van der Waals surface area (Å²) in [6.07, 6.45) is 3.26. The van der Waals surface area contributed by atoms with Gasteiger partial charge < -0.3 is 5.32 Å². The van der Waals surface area contributed by atoms with Crippen molar-refractivity contribution < 1.29 is 13.2 Å². The second-order valence-electron chi connectivity index (χ2n) is 3.71. The van der Waals surface area contributed by atoms with Crippen LogP contribution in [0, 0.1) is 5.92 Å². The van der Waals surface area contributed by atoms with Crippen molar-refractivity contribution in [1.29, 1.82) is 0 Å². The standard InChI is InChI=1S/C9H15ClF3NS/c10-8-3-1-2-7(8)6-14-4-5-15-9(11,12)13/h7-8,14H,1-6H2. The number of thioether (sulfide) groups is 1. The molecule has 0 aromatic heterocycles. The smallest absolute Gasteiger partial charge is 0.316 e. The first-order valence-electron chi connectivity index (χ1n) is 5.04.